The summed E-state index contributed by atoms with van der Waals surface area (Å²) in [7, 11) is 0. The standard InChI is InChI=1S/C11H9FN2OS/c12-9(6-15)5-10-4-8(7-16-10)11-13-2-1-3-14-11/h1-5,7,15H,6H2. The molecule has 0 aliphatic rings. The lowest BCUT2D eigenvalue weighted by Crippen LogP contribution is -1.83. The second kappa shape index (κ2) is 4.96. The van der Waals surface area contributed by atoms with Crippen LogP contribution in [0.15, 0.2) is 35.7 Å². The fraction of sp³-hybridized carbons (Fsp3) is 0.0909. The third-order valence-corrected chi connectivity index (χ3v) is 2.77. The van der Waals surface area contributed by atoms with E-state index in [0.29, 0.717) is 5.82 Å². The van der Waals surface area contributed by atoms with Gasteiger partial charge < -0.3 is 5.11 Å². The minimum absolute atomic E-state index is 0.553. The van der Waals surface area contributed by atoms with Crippen LogP contribution in [-0.4, -0.2) is 21.7 Å². The minimum atomic E-state index is -0.574. The van der Waals surface area contributed by atoms with Gasteiger partial charge in [-0.25, -0.2) is 14.4 Å². The Hall–Kier alpha value is -1.59. The highest BCUT2D eigenvalue weighted by Gasteiger charge is 2.03. The molecule has 2 heterocycles. The third-order valence-electron chi connectivity index (χ3n) is 1.89. The molecule has 0 bridgehead atoms. The van der Waals surface area contributed by atoms with Crippen LogP contribution in [0.3, 0.4) is 0 Å². The number of rotatable bonds is 3. The van der Waals surface area contributed by atoms with Gasteiger partial charge in [-0.05, 0) is 18.2 Å². The number of hydrogen-bond donors (Lipinski definition) is 1. The molecule has 82 valence electrons. The van der Waals surface area contributed by atoms with Gasteiger partial charge in [0, 0.05) is 28.2 Å². The summed E-state index contributed by atoms with van der Waals surface area (Å²) in [6.45, 7) is -0.574. The first kappa shape index (κ1) is 10.9. The van der Waals surface area contributed by atoms with Crippen LogP contribution < -0.4 is 0 Å². The average molecular weight is 236 g/mol. The Morgan fingerprint density at radius 2 is 2.19 bits per heavy atom. The average Bonchev–Trinajstić information content (AvgIpc) is 2.78. The Morgan fingerprint density at radius 3 is 2.88 bits per heavy atom. The first-order valence-corrected chi connectivity index (χ1v) is 5.50. The Bertz CT molecular complexity index is 496. The first-order valence-electron chi connectivity index (χ1n) is 4.62. The van der Waals surface area contributed by atoms with Crippen molar-refractivity contribution in [3.8, 4) is 11.4 Å². The van der Waals surface area contributed by atoms with Crippen molar-refractivity contribution in [2.75, 3.05) is 6.61 Å². The molecule has 2 aromatic rings. The van der Waals surface area contributed by atoms with Gasteiger partial charge in [0.15, 0.2) is 5.82 Å². The zero-order valence-corrected chi connectivity index (χ0v) is 9.12. The Kier molecular flexibility index (Phi) is 3.38. The van der Waals surface area contributed by atoms with E-state index in [2.05, 4.69) is 9.97 Å². The second-order valence-corrected chi connectivity index (χ2v) is 4.00. The number of thiophene rings is 1. The van der Waals surface area contributed by atoms with E-state index in [1.807, 2.05) is 5.38 Å². The van der Waals surface area contributed by atoms with E-state index < -0.39 is 12.4 Å². The molecule has 1 N–H and O–H groups in total. The van der Waals surface area contributed by atoms with Gasteiger partial charge in [0.05, 0.1) is 6.61 Å². The maximum atomic E-state index is 12.8. The molecule has 0 atom stereocenters. The van der Waals surface area contributed by atoms with Crippen molar-refractivity contribution < 1.29 is 9.50 Å². The summed E-state index contributed by atoms with van der Waals surface area (Å²) in [5.41, 5.74) is 0.850. The topological polar surface area (TPSA) is 46.0 Å². The monoisotopic (exact) mass is 236 g/mol. The second-order valence-electron chi connectivity index (χ2n) is 3.06. The lowest BCUT2D eigenvalue weighted by Gasteiger charge is -1.92. The molecule has 0 aromatic carbocycles. The molecule has 0 spiro atoms. The van der Waals surface area contributed by atoms with Crippen molar-refractivity contribution in [1.29, 1.82) is 0 Å². The van der Waals surface area contributed by atoms with Crippen LogP contribution in [0, 0.1) is 0 Å². The van der Waals surface area contributed by atoms with Gasteiger partial charge in [0.2, 0.25) is 0 Å². The van der Waals surface area contributed by atoms with Gasteiger partial charge in [0.1, 0.15) is 5.83 Å². The normalized spacial score (nSPS) is 11.8. The SMILES string of the molecule is OCC(F)=Cc1cc(-c2ncccn2)cs1. The Balaban J connectivity index is 2.27. The molecule has 5 heteroatoms. The van der Waals surface area contributed by atoms with Crippen LogP contribution in [0.5, 0.6) is 0 Å². The highest BCUT2D eigenvalue weighted by Crippen LogP contribution is 2.24. The molecule has 0 saturated carbocycles. The molecular weight excluding hydrogens is 227 g/mol. The quantitative estimate of drug-likeness (QED) is 0.890. The summed E-state index contributed by atoms with van der Waals surface area (Å²) in [6.07, 6.45) is 4.62. The number of aliphatic hydroxyl groups is 1. The third kappa shape index (κ3) is 2.50. The number of nitrogens with zero attached hydrogens (tertiary/aromatic N) is 2. The van der Waals surface area contributed by atoms with Crippen LogP contribution in [0.1, 0.15) is 4.88 Å². The number of hydrogen-bond acceptors (Lipinski definition) is 4. The summed E-state index contributed by atoms with van der Waals surface area (Å²) in [4.78, 5) is 8.92. The van der Waals surface area contributed by atoms with Gasteiger partial charge in [0.25, 0.3) is 0 Å². The van der Waals surface area contributed by atoms with Crippen LogP contribution in [0.4, 0.5) is 4.39 Å². The molecule has 0 saturated heterocycles. The molecule has 16 heavy (non-hydrogen) atoms. The van der Waals surface area contributed by atoms with Gasteiger partial charge in [-0.3, -0.25) is 0 Å². The summed E-state index contributed by atoms with van der Waals surface area (Å²) in [6, 6.07) is 3.53. The van der Waals surface area contributed by atoms with Crippen LogP contribution in [0.25, 0.3) is 17.5 Å². The van der Waals surface area contributed by atoms with Crippen molar-refractivity contribution in [3.05, 3.63) is 40.6 Å². The van der Waals surface area contributed by atoms with E-state index in [4.69, 9.17) is 5.11 Å². The summed E-state index contributed by atoms with van der Waals surface area (Å²) in [5, 5.41) is 10.4. The Morgan fingerprint density at radius 1 is 1.44 bits per heavy atom. The minimum Gasteiger partial charge on any atom is -0.389 e. The molecule has 2 aromatic heterocycles. The fourth-order valence-electron chi connectivity index (χ4n) is 1.19. The fourth-order valence-corrected chi connectivity index (χ4v) is 2.02. The molecule has 0 radical (unpaired) electrons. The van der Waals surface area contributed by atoms with E-state index in [-0.39, 0.29) is 0 Å². The molecule has 0 aliphatic carbocycles. The van der Waals surface area contributed by atoms with Crippen molar-refractivity contribution in [2.45, 2.75) is 0 Å². The molecule has 3 nitrogen and oxygen atoms in total. The highest BCUT2D eigenvalue weighted by atomic mass is 32.1. The van der Waals surface area contributed by atoms with Gasteiger partial charge in [-0.1, -0.05) is 0 Å². The molecular formula is C11H9FN2OS. The summed E-state index contributed by atoms with van der Waals surface area (Å²) < 4.78 is 12.8. The van der Waals surface area contributed by atoms with Crippen LogP contribution in [-0.2, 0) is 0 Å². The van der Waals surface area contributed by atoms with E-state index in [1.54, 1.807) is 24.5 Å². The van der Waals surface area contributed by atoms with E-state index in [9.17, 15) is 4.39 Å². The smallest absolute Gasteiger partial charge is 0.159 e. The Labute approximate surface area is 95.9 Å². The highest BCUT2D eigenvalue weighted by molar-refractivity contribution is 7.11. The predicted molar refractivity (Wildman–Crippen MR) is 61.5 cm³/mol. The van der Waals surface area contributed by atoms with Crippen molar-refractivity contribution in [2.24, 2.45) is 0 Å². The predicted octanol–water partition coefficient (Wildman–Crippen LogP) is 2.51. The van der Waals surface area contributed by atoms with Gasteiger partial charge in [-0.15, -0.1) is 11.3 Å². The van der Waals surface area contributed by atoms with Crippen molar-refractivity contribution in [3.63, 3.8) is 0 Å². The van der Waals surface area contributed by atoms with E-state index in [1.165, 1.54) is 17.4 Å². The van der Waals surface area contributed by atoms with Gasteiger partial charge in [-0.2, -0.15) is 0 Å². The number of aliphatic hydroxyl groups excluding tert-OH is 1. The maximum Gasteiger partial charge on any atom is 0.159 e. The van der Waals surface area contributed by atoms with Crippen LogP contribution >= 0.6 is 11.3 Å². The molecule has 0 unspecified atom stereocenters. The molecule has 0 fully saturated rings. The molecule has 0 aliphatic heterocycles. The summed E-state index contributed by atoms with van der Waals surface area (Å²) in [5.74, 6) is 0.0604. The largest absolute Gasteiger partial charge is 0.389 e. The number of halogens is 1. The molecule has 0 amide bonds. The van der Waals surface area contributed by atoms with E-state index >= 15 is 0 Å². The van der Waals surface area contributed by atoms with Crippen molar-refractivity contribution in [1.82, 2.24) is 9.97 Å². The summed E-state index contributed by atoms with van der Waals surface area (Å²) >= 11 is 1.38. The lowest BCUT2D eigenvalue weighted by molar-refractivity contribution is 0.300. The van der Waals surface area contributed by atoms with Crippen molar-refractivity contribution >= 4 is 17.4 Å². The zero-order valence-electron chi connectivity index (χ0n) is 8.30. The zero-order chi connectivity index (χ0) is 11.4. The first-order chi connectivity index (χ1) is 7.79. The maximum absolute atomic E-state index is 12.8. The lowest BCUT2D eigenvalue weighted by atomic mass is 10.3. The van der Waals surface area contributed by atoms with E-state index in [0.717, 1.165) is 10.4 Å². The number of aromatic nitrogens is 2. The molecule has 2 rings (SSSR count). The van der Waals surface area contributed by atoms with Gasteiger partial charge >= 0.3 is 0 Å². The van der Waals surface area contributed by atoms with Crippen LogP contribution in [0.2, 0.25) is 0 Å².